The van der Waals surface area contributed by atoms with Gasteiger partial charge in [0, 0.05) is 13.7 Å². The average molecular weight is 255 g/mol. The molecule has 1 aromatic rings. The summed E-state index contributed by atoms with van der Waals surface area (Å²) < 4.78 is 12.8. The minimum absolute atomic E-state index is 0.513. The molecule has 0 atom stereocenters. The zero-order valence-electron chi connectivity index (χ0n) is 11.7. The summed E-state index contributed by atoms with van der Waals surface area (Å²) in [5.41, 5.74) is 7.58. The molecule has 0 amide bonds. The Morgan fingerprint density at radius 2 is 1.94 bits per heavy atom. The third kappa shape index (κ3) is 4.22. The Kier molecular flexibility index (Phi) is 6.57. The number of hydrogen-bond donors (Lipinski definition) is 1. The molecule has 0 spiro atoms. The molecule has 104 valence electrons. The van der Waals surface area contributed by atoms with Crippen molar-refractivity contribution in [3.63, 3.8) is 0 Å². The van der Waals surface area contributed by atoms with E-state index in [-0.39, 0.29) is 0 Å². The molecule has 5 nitrogen and oxygen atoms in total. The highest BCUT2D eigenvalue weighted by atomic mass is 16.5. The third-order valence-electron chi connectivity index (χ3n) is 2.70. The van der Waals surface area contributed by atoms with Crippen molar-refractivity contribution in [3.05, 3.63) is 5.69 Å². The summed E-state index contributed by atoms with van der Waals surface area (Å²) >= 11 is 0. The minimum Gasteiger partial charge on any atom is -0.474 e. The number of aromatic nitrogens is 2. The number of nitrogen functional groups attached to an aromatic ring is 1. The molecule has 0 bridgehead atoms. The van der Waals surface area contributed by atoms with E-state index in [2.05, 4.69) is 18.9 Å². The molecule has 1 heterocycles. The zero-order chi connectivity index (χ0) is 13.4. The van der Waals surface area contributed by atoms with Gasteiger partial charge in [-0.2, -0.15) is 5.10 Å². The molecule has 18 heavy (non-hydrogen) atoms. The Balaban J connectivity index is 2.37. The van der Waals surface area contributed by atoms with Crippen LogP contribution in [0.15, 0.2) is 0 Å². The first-order valence-corrected chi connectivity index (χ1v) is 6.72. The molecule has 0 saturated heterocycles. The van der Waals surface area contributed by atoms with Gasteiger partial charge in [-0.25, -0.2) is 4.68 Å². The van der Waals surface area contributed by atoms with Crippen LogP contribution in [0, 0.1) is 0 Å². The minimum atomic E-state index is 0.513. The van der Waals surface area contributed by atoms with Gasteiger partial charge in [-0.3, -0.25) is 0 Å². The lowest BCUT2D eigenvalue weighted by molar-refractivity contribution is 0.0953. The van der Waals surface area contributed by atoms with Crippen molar-refractivity contribution in [1.29, 1.82) is 0 Å². The molecule has 0 fully saturated rings. The second-order valence-electron chi connectivity index (χ2n) is 4.35. The fourth-order valence-corrected chi connectivity index (χ4v) is 1.72. The highest BCUT2D eigenvalue weighted by molar-refractivity contribution is 5.53. The molecule has 5 heteroatoms. The lowest BCUT2D eigenvalue weighted by Crippen LogP contribution is -2.10. The van der Waals surface area contributed by atoms with Crippen molar-refractivity contribution in [2.24, 2.45) is 7.05 Å². The van der Waals surface area contributed by atoms with Gasteiger partial charge in [0.25, 0.3) is 0 Å². The van der Waals surface area contributed by atoms with Crippen LogP contribution >= 0.6 is 0 Å². The Bertz CT molecular complexity index is 350. The summed E-state index contributed by atoms with van der Waals surface area (Å²) in [7, 11) is 1.85. The number of unbranched alkanes of at least 4 members (excludes halogenated alkanes) is 1. The number of hydrogen-bond acceptors (Lipinski definition) is 4. The number of aryl methyl sites for hydroxylation is 2. The van der Waals surface area contributed by atoms with Gasteiger partial charge < -0.3 is 15.2 Å². The highest BCUT2D eigenvalue weighted by Crippen LogP contribution is 2.25. The van der Waals surface area contributed by atoms with E-state index in [9.17, 15) is 0 Å². The first-order valence-electron chi connectivity index (χ1n) is 6.72. The van der Waals surface area contributed by atoms with Crippen molar-refractivity contribution in [3.8, 4) is 5.88 Å². The summed E-state index contributed by atoms with van der Waals surface area (Å²) in [6.45, 7) is 6.15. The SMILES string of the molecule is CCCCOCCOc1c(N)c(CCC)nn1C. The van der Waals surface area contributed by atoms with Crippen molar-refractivity contribution in [2.75, 3.05) is 25.6 Å². The van der Waals surface area contributed by atoms with E-state index in [1.54, 1.807) is 4.68 Å². The van der Waals surface area contributed by atoms with Crippen LogP contribution in [0.2, 0.25) is 0 Å². The number of anilines is 1. The Morgan fingerprint density at radius 1 is 1.17 bits per heavy atom. The highest BCUT2D eigenvalue weighted by Gasteiger charge is 2.13. The first kappa shape index (κ1) is 14.8. The topological polar surface area (TPSA) is 62.3 Å². The van der Waals surface area contributed by atoms with E-state index in [0.29, 0.717) is 24.8 Å². The molecule has 0 unspecified atom stereocenters. The Labute approximate surface area is 109 Å². The third-order valence-corrected chi connectivity index (χ3v) is 2.70. The molecule has 0 radical (unpaired) electrons. The predicted molar refractivity (Wildman–Crippen MR) is 72.8 cm³/mol. The van der Waals surface area contributed by atoms with Gasteiger partial charge in [0.15, 0.2) is 0 Å². The molecule has 0 aliphatic heterocycles. The normalized spacial score (nSPS) is 10.8. The van der Waals surface area contributed by atoms with E-state index in [1.165, 1.54) is 0 Å². The van der Waals surface area contributed by atoms with Crippen LogP contribution in [0.3, 0.4) is 0 Å². The van der Waals surface area contributed by atoms with Gasteiger partial charge in [-0.15, -0.1) is 0 Å². The standard InChI is InChI=1S/C13H25N3O2/c1-4-6-8-17-9-10-18-13-12(14)11(7-5-2)15-16(13)3/h4-10,14H2,1-3H3. The zero-order valence-corrected chi connectivity index (χ0v) is 11.7. The molecule has 0 aliphatic carbocycles. The van der Waals surface area contributed by atoms with Crippen molar-refractivity contribution >= 4 is 5.69 Å². The molecule has 1 rings (SSSR count). The quantitative estimate of drug-likeness (QED) is 0.687. The largest absolute Gasteiger partial charge is 0.474 e. The molecule has 1 aromatic heterocycles. The number of nitrogens with zero attached hydrogens (tertiary/aromatic N) is 2. The summed E-state index contributed by atoms with van der Waals surface area (Å²) in [5, 5.41) is 4.35. The van der Waals surface area contributed by atoms with E-state index in [1.807, 2.05) is 7.05 Å². The van der Waals surface area contributed by atoms with Gasteiger partial charge in [0.2, 0.25) is 5.88 Å². The van der Waals surface area contributed by atoms with Crippen molar-refractivity contribution in [2.45, 2.75) is 39.5 Å². The van der Waals surface area contributed by atoms with Crippen molar-refractivity contribution < 1.29 is 9.47 Å². The second kappa shape index (κ2) is 7.97. The van der Waals surface area contributed by atoms with E-state index < -0.39 is 0 Å². The van der Waals surface area contributed by atoms with Crippen molar-refractivity contribution in [1.82, 2.24) is 9.78 Å². The molecule has 2 N–H and O–H groups in total. The number of ether oxygens (including phenoxy) is 2. The van der Waals surface area contributed by atoms with E-state index in [0.717, 1.165) is 38.0 Å². The monoisotopic (exact) mass is 255 g/mol. The maximum Gasteiger partial charge on any atom is 0.235 e. The van der Waals surface area contributed by atoms with Gasteiger partial charge >= 0.3 is 0 Å². The lowest BCUT2D eigenvalue weighted by Gasteiger charge is -2.07. The predicted octanol–water partition coefficient (Wildman–Crippen LogP) is 2.15. The van der Waals surface area contributed by atoms with Crippen LogP contribution < -0.4 is 10.5 Å². The summed E-state index contributed by atoms with van der Waals surface area (Å²) in [4.78, 5) is 0. The Hall–Kier alpha value is -1.23. The molecule has 0 aromatic carbocycles. The van der Waals surface area contributed by atoms with Crippen LogP contribution in [0.25, 0.3) is 0 Å². The van der Waals surface area contributed by atoms with E-state index in [4.69, 9.17) is 15.2 Å². The molecule has 0 aliphatic rings. The molecule has 0 saturated carbocycles. The maximum atomic E-state index is 6.00. The fourth-order valence-electron chi connectivity index (χ4n) is 1.72. The molecular formula is C13H25N3O2. The van der Waals surface area contributed by atoms with Gasteiger partial charge in [-0.05, 0) is 12.8 Å². The number of nitrogens with two attached hydrogens (primary N) is 1. The first-order chi connectivity index (χ1) is 8.70. The molecular weight excluding hydrogens is 230 g/mol. The van der Waals surface area contributed by atoms with Crippen LogP contribution in [0.4, 0.5) is 5.69 Å². The van der Waals surface area contributed by atoms with Crippen LogP contribution in [-0.2, 0) is 18.2 Å². The fraction of sp³-hybridized carbons (Fsp3) is 0.769. The van der Waals surface area contributed by atoms with Gasteiger partial charge in [0.1, 0.15) is 12.3 Å². The smallest absolute Gasteiger partial charge is 0.235 e. The lowest BCUT2D eigenvalue weighted by atomic mass is 10.2. The summed E-state index contributed by atoms with van der Waals surface area (Å²) in [6.07, 6.45) is 4.15. The van der Waals surface area contributed by atoms with Gasteiger partial charge in [0.05, 0.1) is 12.3 Å². The summed E-state index contributed by atoms with van der Waals surface area (Å²) in [5.74, 6) is 0.651. The maximum absolute atomic E-state index is 6.00. The second-order valence-corrected chi connectivity index (χ2v) is 4.35. The Morgan fingerprint density at radius 3 is 2.61 bits per heavy atom. The van der Waals surface area contributed by atoms with Crippen LogP contribution in [0.5, 0.6) is 5.88 Å². The number of rotatable bonds is 9. The van der Waals surface area contributed by atoms with Crippen LogP contribution in [-0.4, -0.2) is 29.6 Å². The summed E-state index contributed by atoms with van der Waals surface area (Å²) in [6, 6.07) is 0. The van der Waals surface area contributed by atoms with Gasteiger partial charge in [-0.1, -0.05) is 26.7 Å². The van der Waals surface area contributed by atoms with E-state index >= 15 is 0 Å². The van der Waals surface area contributed by atoms with Crippen LogP contribution in [0.1, 0.15) is 38.8 Å². The average Bonchev–Trinajstić information content (AvgIpc) is 2.61.